The van der Waals surface area contributed by atoms with E-state index in [0.29, 0.717) is 0 Å². The van der Waals surface area contributed by atoms with Crippen molar-refractivity contribution >= 4 is 29.2 Å². The van der Waals surface area contributed by atoms with Crippen molar-refractivity contribution in [3.63, 3.8) is 0 Å². The van der Waals surface area contributed by atoms with Crippen molar-refractivity contribution in [1.29, 1.82) is 0 Å². The molecule has 0 radical (unpaired) electrons. The predicted molar refractivity (Wildman–Crippen MR) is 53.0 cm³/mol. The number of cyclic esters (lactones) is 1. The minimum absolute atomic E-state index is 0.116. The zero-order chi connectivity index (χ0) is 10.1. The lowest BCUT2D eigenvalue weighted by atomic mass is 10.2. The number of ether oxygens (including phenoxy) is 1. The van der Waals surface area contributed by atoms with Crippen molar-refractivity contribution in [3.05, 3.63) is 27.5 Å². The Hall–Kier alpha value is -1.42. The van der Waals surface area contributed by atoms with Crippen molar-refractivity contribution in [2.75, 3.05) is 6.61 Å². The Balaban J connectivity index is 2.34. The highest BCUT2D eigenvalue weighted by Gasteiger charge is 2.27. The monoisotopic (exact) mass is 208 g/mol. The van der Waals surface area contributed by atoms with Gasteiger partial charge in [-0.25, -0.2) is 4.79 Å². The molecular formula is C10H8O3S. The Morgan fingerprint density at radius 1 is 1.43 bits per heavy atom. The SMILES string of the molecule is Cc1ccc(/C=C2/C(=O)COC2=O)s1. The van der Waals surface area contributed by atoms with Gasteiger partial charge in [-0.05, 0) is 25.1 Å². The average molecular weight is 208 g/mol. The molecule has 3 nitrogen and oxygen atoms in total. The summed E-state index contributed by atoms with van der Waals surface area (Å²) in [5.41, 5.74) is 0.159. The normalized spacial score (nSPS) is 19.1. The Labute approximate surface area is 85.0 Å². The second-order valence-corrected chi connectivity index (χ2v) is 4.33. The van der Waals surface area contributed by atoms with Crippen LogP contribution < -0.4 is 0 Å². The molecule has 1 aliphatic rings. The molecule has 14 heavy (non-hydrogen) atoms. The van der Waals surface area contributed by atoms with Gasteiger partial charge < -0.3 is 4.74 Å². The van der Waals surface area contributed by atoms with Gasteiger partial charge in [0.05, 0.1) is 0 Å². The van der Waals surface area contributed by atoms with Crippen LogP contribution in [0.2, 0.25) is 0 Å². The lowest BCUT2D eigenvalue weighted by Crippen LogP contribution is -1.99. The summed E-state index contributed by atoms with van der Waals surface area (Å²) >= 11 is 1.54. The molecule has 1 aromatic rings. The fourth-order valence-corrected chi connectivity index (χ4v) is 2.03. The maximum Gasteiger partial charge on any atom is 0.342 e. The van der Waals surface area contributed by atoms with Crippen molar-refractivity contribution < 1.29 is 14.3 Å². The van der Waals surface area contributed by atoms with Crippen molar-refractivity contribution in [1.82, 2.24) is 0 Å². The van der Waals surface area contributed by atoms with Crippen LogP contribution in [0.25, 0.3) is 6.08 Å². The Kier molecular flexibility index (Phi) is 2.21. The summed E-state index contributed by atoms with van der Waals surface area (Å²) in [5.74, 6) is -0.748. The van der Waals surface area contributed by atoms with Gasteiger partial charge in [-0.1, -0.05) is 0 Å². The van der Waals surface area contributed by atoms with Gasteiger partial charge >= 0.3 is 5.97 Å². The maximum atomic E-state index is 11.2. The van der Waals surface area contributed by atoms with Crippen LogP contribution in [0.15, 0.2) is 17.7 Å². The van der Waals surface area contributed by atoms with E-state index in [9.17, 15) is 9.59 Å². The van der Waals surface area contributed by atoms with Gasteiger partial charge in [-0.15, -0.1) is 11.3 Å². The molecule has 0 N–H and O–H groups in total. The molecule has 0 aliphatic carbocycles. The van der Waals surface area contributed by atoms with E-state index in [4.69, 9.17) is 0 Å². The molecule has 72 valence electrons. The lowest BCUT2D eigenvalue weighted by molar-refractivity contribution is -0.135. The molecule has 0 atom stereocenters. The molecule has 1 fully saturated rings. The molecule has 1 aromatic heterocycles. The largest absolute Gasteiger partial charge is 0.454 e. The Morgan fingerprint density at radius 3 is 2.71 bits per heavy atom. The second kappa shape index (κ2) is 3.38. The van der Waals surface area contributed by atoms with Crippen LogP contribution in [-0.4, -0.2) is 18.4 Å². The van der Waals surface area contributed by atoms with Crippen LogP contribution in [0, 0.1) is 6.92 Å². The van der Waals surface area contributed by atoms with Crippen LogP contribution in [0.1, 0.15) is 9.75 Å². The second-order valence-electron chi connectivity index (χ2n) is 3.01. The standard InChI is InChI=1S/C10H8O3S/c1-6-2-3-7(14-6)4-8-9(11)5-13-10(8)12/h2-4H,5H2,1H3/b8-4-. The van der Waals surface area contributed by atoms with E-state index in [0.717, 1.165) is 9.75 Å². The summed E-state index contributed by atoms with van der Waals surface area (Å²) in [6.07, 6.45) is 1.59. The fourth-order valence-electron chi connectivity index (χ4n) is 1.21. The number of thiophene rings is 1. The summed E-state index contributed by atoms with van der Waals surface area (Å²) in [6, 6.07) is 3.83. The van der Waals surface area contributed by atoms with E-state index in [1.165, 1.54) is 0 Å². The number of ketones is 1. The van der Waals surface area contributed by atoms with E-state index in [1.807, 2.05) is 19.1 Å². The zero-order valence-electron chi connectivity index (χ0n) is 7.57. The van der Waals surface area contributed by atoms with Crippen LogP contribution in [0.3, 0.4) is 0 Å². The number of hydrogen-bond acceptors (Lipinski definition) is 4. The van der Waals surface area contributed by atoms with E-state index in [2.05, 4.69) is 4.74 Å². The fraction of sp³-hybridized carbons (Fsp3) is 0.200. The minimum Gasteiger partial charge on any atom is -0.454 e. The van der Waals surface area contributed by atoms with Gasteiger partial charge in [0.1, 0.15) is 5.57 Å². The Morgan fingerprint density at radius 2 is 2.21 bits per heavy atom. The van der Waals surface area contributed by atoms with Gasteiger partial charge in [0.25, 0.3) is 0 Å². The highest BCUT2D eigenvalue weighted by Crippen LogP contribution is 2.20. The zero-order valence-corrected chi connectivity index (χ0v) is 8.39. The molecule has 0 spiro atoms. The summed E-state index contributed by atoms with van der Waals surface area (Å²) < 4.78 is 4.60. The van der Waals surface area contributed by atoms with Gasteiger partial charge in [0.15, 0.2) is 6.61 Å². The van der Waals surface area contributed by atoms with Crippen molar-refractivity contribution in [3.8, 4) is 0 Å². The number of carbonyl (C=O) groups is 2. The summed E-state index contributed by atoms with van der Waals surface area (Å²) in [7, 11) is 0. The van der Waals surface area contributed by atoms with Gasteiger partial charge in [0, 0.05) is 9.75 Å². The first-order valence-electron chi connectivity index (χ1n) is 4.15. The third-order valence-electron chi connectivity index (χ3n) is 1.90. The first kappa shape index (κ1) is 9.15. The molecule has 0 amide bonds. The topological polar surface area (TPSA) is 43.4 Å². The third kappa shape index (κ3) is 1.61. The average Bonchev–Trinajstić information content (AvgIpc) is 2.67. The smallest absolute Gasteiger partial charge is 0.342 e. The first-order chi connectivity index (χ1) is 6.66. The summed E-state index contributed by atoms with van der Waals surface area (Å²) in [6.45, 7) is 1.86. The number of carbonyl (C=O) groups excluding carboxylic acids is 2. The molecule has 1 saturated heterocycles. The van der Waals surface area contributed by atoms with Crippen LogP contribution in [0.4, 0.5) is 0 Å². The molecular weight excluding hydrogens is 200 g/mol. The molecule has 0 aromatic carbocycles. The van der Waals surface area contributed by atoms with Crippen LogP contribution in [-0.2, 0) is 14.3 Å². The summed E-state index contributed by atoms with van der Waals surface area (Å²) in [5, 5.41) is 0. The van der Waals surface area contributed by atoms with Crippen LogP contribution in [0.5, 0.6) is 0 Å². The van der Waals surface area contributed by atoms with E-state index < -0.39 is 5.97 Å². The maximum absolute atomic E-state index is 11.2. The number of hydrogen-bond donors (Lipinski definition) is 0. The number of Topliss-reactive ketones (excluding diaryl/α,β-unsaturated/α-hetero) is 1. The third-order valence-corrected chi connectivity index (χ3v) is 2.85. The number of esters is 1. The molecule has 0 saturated carbocycles. The minimum atomic E-state index is -0.513. The van der Waals surface area contributed by atoms with E-state index in [1.54, 1.807) is 17.4 Å². The van der Waals surface area contributed by atoms with Gasteiger partial charge in [-0.3, -0.25) is 4.79 Å². The Bertz CT molecular complexity index is 410. The molecule has 0 unspecified atom stereocenters. The molecule has 2 rings (SSSR count). The first-order valence-corrected chi connectivity index (χ1v) is 4.97. The molecule has 2 heterocycles. The highest BCUT2D eigenvalue weighted by molar-refractivity contribution is 7.12. The van der Waals surface area contributed by atoms with E-state index >= 15 is 0 Å². The number of rotatable bonds is 1. The van der Waals surface area contributed by atoms with Crippen molar-refractivity contribution in [2.24, 2.45) is 0 Å². The highest BCUT2D eigenvalue weighted by atomic mass is 32.1. The lowest BCUT2D eigenvalue weighted by Gasteiger charge is -1.87. The predicted octanol–water partition coefficient (Wildman–Crippen LogP) is 1.57. The summed E-state index contributed by atoms with van der Waals surface area (Å²) in [4.78, 5) is 24.3. The van der Waals surface area contributed by atoms with Crippen molar-refractivity contribution in [2.45, 2.75) is 6.92 Å². The molecule has 1 aliphatic heterocycles. The molecule has 4 heteroatoms. The quantitative estimate of drug-likeness (QED) is 0.399. The van der Waals surface area contributed by atoms with Gasteiger partial charge in [0.2, 0.25) is 5.78 Å². The van der Waals surface area contributed by atoms with E-state index in [-0.39, 0.29) is 18.0 Å². The number of aryl methyl sites for hydroxylation is 1. The van der Waals surface area contributed by atoms with Crippen LogP contribution >= 0.6 is 11.3 Å². The molecule has 0 bridgehead atoms. The van der Waals surface area contributed by atoms with Gasteiger partial charge in [-0.2, -0.15) is 0 Å².